The molecule has 0 saturated heterocycles. The molecule has 18 heavy (non-hydrogen) atoms. The van der Waals surface area contributed by atoms with Gasteiger partial charge in [-0.15, -0.1) is 0 Å². The lowest BCUT2D eigenvalue weighted by Gasteiger charge is -2.17. The van der Waals surface area contributed by atoms with E-state index < -0.39 is 12.0 Å². The van der Waals surface area contributed by atoms with Gasteiger partial charge in [0.1, 0.15) is 11.8 Å². The Morgan fingerprint density at radius 3 is 2.83 bits per heavy atom. The van der Waals surface area contributed by atoms with Crippen LogP contribution in [0.3, 0.4) is 0 Å². The maximum atomic E-state index is 11.2. The summed E-state index contributed by atoms with van der Waals surface area (Å²) in [4.78, 5) is 11.2. The Morgan fingerprint density at radius 2 is 2.22 bits per heavy atom. The van der Waals surface area contributed by atoms with Gasteiger partial charge in [-0.3, -0.25) is 0 Å². The van der Waals surface area contributed by atoms with Gasteiger partial charge in [0.2, 0.25) is 0 Å². The van der Waals surface area contributed by atoms with E-state index in [1.807, 2.05) is 24.3 Å². The van der Waals surface area contributed by atoms with Gasteiger partial charge in [0.05, 0.1) is 12.8 Å². The maximum absolute atomic E-state index is 11.2. The molecule has 1 aromatic carbocycles. The first kappa shape index (κ1) is 14.7. The van der Waals surface area contributed by atoms with Crippen molar-refractivity contribution in [2.75, 3.05) is 23.9 Å². The average molecular weight is 269 g/mol. The molecule has 4 nitrogen and oxygen atoms in total. The summed E-state index contributed by atoms with van der Waals surface area (Å²) in [5, 5.41) is 12.2. The number of carboxylic acid groups (broad SMARTS) is 1. The molecule has 5 heteroatoms. The average Bonchev–Trinajstić information content (AvgIpc) is 2.38. The minimum absolute atomic E-state index is 0.583. The van der Waals surface area contributed by atoms with Crippen LogP contribution in [0.4, 0.5) is 5.69 Å². The molecule has 0 aliphatic carbocycles. The van der Waals surface area contributed by atoms with E-state index in [0.29, 0.717) is 17.9 Å². The number of anilines is 1. The lowest BCUT2D eigenvalue weighted by Crippen LogP contribution is -2.30. The van der Waals surface area contributed by atoms with Gasteiger partial charge in [-0.2, -0.15) is 11.8 Å². The van der Waals surface area contributed by atoms with Crippen molar-refractivity contribution < 1.29 is 14.6 Å². The van der Waals surface area contributed by atoms with Crippen molar-refractivity contribution in [2.24, 2.45) is 0 Å². The van der Waals surface area contributed by atoms with Crippen molar-refractivity contribution >= 4 is 23.4 Å². The Hall–Kier alpha value is -1.36. The standard InChI is InChI=1S/C13H19NO3S/c1-3-18-9-8-11(13(15)16)14-10-6-4-5-7-12(10)17-2/h4-7,11,14H,3,8-9H2,1-2H3,(H,15,16). The fraction of sp³-hybridized carbons (Fsp3) is 0.462. The van der Waals surface area contributed by atoms with Crippen LogP contribution >= 0.6 is 11.8 Å². The molecule has 1 rings (SSSR count). The van der Waals surface area contributed by atoms with Gasteiger partial charge in [0, 0.05) is 0 Å². The molecule has 1 unspecified atom stereocenters. The maximum Gasteiger partial charge on any atom is 0.326 e. The van der Waals surface area contributed by atoms with Gasteiger partial charge < -0.3 is 15.2 Å². The summed E-state index contributed by atoms with van der Waals surface area (Å²) in [5.74, 6) is 1.65. The molecule has 0 amide bonds. The first-order valence-corrected chi connectivity index (χ1v) is 7.04. The number of aliphatic carboxylic acids is 1. The number of rotatable bonds is 8. The third kappa shape index (κ3) is 4.49. The molecule has 0 aromatic heterocycles. The first-order chi connectivity index (χ1) is 8.69. The van der Waals surface area contributed by atoms with Crippen LogP contribution in [-0.4, -0.2) is 35.7 Å². The number of carbonyl (C=O) groups is 1. The summed E-state index contributed by atoms with van der Waals surface area (Å²) in [6, 6.07) is 6.75. The summed E-state index contributed by atoms with van der Waals surface area (Å²) < 4.78 is 5.19. The molecule has 0 aliphatic heterocycles. The minimum atomic E-state index is -0.836. The highest BCUT2D eigenvalue weighted by atomic mass is 32.2. The van der Waals surface area contributed by atoms with Gasteiger partial charge in [-0.25, -0.2) is 4.79 Å². The number of hydrogen-bond acceptors (Lipinski definition) is 4. The zero-order chi connectivity index (χ0) is 13.4. The van der Waals surface area contributed by atoms with Crippen LogP contribution in [0.25, 0.3) is 0 Å². The Balaban J connectivity index is 2.67. The fourth-order valence-electron chi connectivity index (χ4n) is 1.55. The fourth-order valence-corrected chi connectivity index (χ4v) is 2.25. The van der Waals surface area contributed by atoms with E-state index in [0.717, 1.165) is 11.5 Å². The van der Waals surface area contributed by atoms with Crippen molar-refractivity contribution in [3.63, 3.8) is 0 Å². The number of hydrogen-bond donors (Lipinski definition) is 2. The topological polar surface area (TPSA) is 58.6 Å². The Morgan fingerprint density at radius 1 is 1.50 bits per heavy atom. The van der Waals surface area contributed by atoms with Crippen LogP contribution in [-0.2, 0) is 4.79 Å². The van der Waals surface area contributed by atoms with Crippen molar-refractivity contribution in [2.45, 2.75) is 19.4 Å². The van der Waals surface area contributed by atoms with Crippen molar-refractivity contribution in [1.29, 1.82) is 0 Å². The van der Waals surface area contributed by atoms with Crippen LogP contribution in [0.2, 0.25) is 0 Å². The number of carboxylic acids is 1. The Labute approximate surface area is 112 Å². The van der Waals surface area contributed by atoms with Crippen molar-refractivity contribution in [3.05, 3.63) is 24.3 Å². The highest BCUT2D eigenvalue weighted by Crippen LogP contribution is 2.24. The predicted octanol–water partition coefficient (Wildman–Crippen LogP) is 2.70. The zero-order valence-corrected chi connectivity index (χ0v) is 11.5. The molecule has 2 N–H and O–H groups in total. The van der Waals surface area contributed by atoms with E-state index in [2.05, 4.69) is 12.2 Å². The van der Waals surface area contributed by atoms with Gasteiger partial charge in [0.25, 0.3) is 0 Å². The van der Waals surface area contributed by atoms with Crippen LogP contribution in [0, 0.1) is 0 Å². The summed E-state index contributed by atoms with van der Waals surface area (Å²) in [7, 11) is 1.57. The smallest absolute Gasteiger partial charge is 0.326 e. The van der Waals surface area contributed by atoms with Gasteiger partial charge in [-0.05, 0) is 30.1 Å². The number of benzene rings is 1. The van der Waals surface area contributed by atoms with E-state index in [9.17, 15) is 9.90 Å². The molecule has 0 fully saturated rings. The molecule has 1 aromatic rings. The van der Waals surface area contributed by atoms with E-state index in [4.69, 9.17) is 4.74 Å². The van der Waals surface area contributed by atoms with E-state index in [1.165, 1.54) is 0 Å². The normalized spacial score (nSPS) is 11.9. The molecular formula is C13H19NO3S. The highest BCUT2D eigenvalue weighted by Gasteiger charge is 2.18. The lowest BCUT2D eigenvalue weighted by atomic mass is 10.2. The van der Waals surface area contributed by atoms with Crippen LogP contribution in [0.1, 0.15) is 13.3 Å². The monoisotopic (exact) mass is 269 g/mol. The number of para-hydroxylation sites is 2. The third-order valence-electron chi connectivity index (χ3n) is 2.49. The van der Waals surface area contributed by atoms with Crippen molar-refractivity contribution in [3.8, 4) is 5.75 Å². The predicted molar refractivity (Wildman–Crippen MR) is 75.7 cm³/mol. The van der Waals surface area contributed by atoms with Crippen molar-refractivity contribution in [1.82, 2.24) is 0 Å². The molecule has 100 valence electrons. The second kappa shape index (κ2) is 7.87. The molecule has 1 atom stereocenters. The number of ether oxygens (including phenoxy) is 1. The molecule has 0 radical (unpaired) electrons. The second-order valence-electron chi connectivity index (χ2n) is 3.72. The van der Waals surface area contributed by atoms with Crippen LogP contribution < -0.4 is 10.1 Å². The van der Waals surface area contributed by atoms with Crippen LogP contribution in [0.15, 0.2) is 24.3 Å². The number of nitrogens with one attached hydrogen (secondary N) is 1. The molecular weight excluding hydrogens is 250 g/mol. The Bertz CT molecular complexity index is 384. The van der Waals surface area contributed by atoms with Crippen LogP contribution in [0.5, 0.6) is 5.75 Å². The molecule has 0 aliphatic rings. The number of thioether (sulfide) groups is 1. The summed E-state index contributed by atoms with van der Waals surface area (Å²) in [6.07, 6.45) is 0.589. The Kier molecular flexibility index (Phi) is 6.43. The second-order valence-corrected chi connectivity index (χ2v) is 5.11. The van der Waals surface area contributed by atoms with Gasteiger partial charge in [-0.1, -0.05) is 19.1 Å². The van der Waals surface area contributed by atoms with Gasteiger partial charge >= 0.3 is 5.97 Å². The molecule has 0 heterocycles. The summed E-state index contributed by atoms with van der Waals surface area (Å²) in [5.41, 5.74) is 0.717. The quantitative estimate of drug-likeness (QED) is 0.711. The van der Waals surface area contributed by atoms with E-state index >= 15 is 0 Å². The molecule has 0 spiro atoms. The van der Waals surface area contributed by atoms with E-state index in [-0.39, 0.29) is 0 Å². The zero-order valence-electron chi connectivity index (χ0n) is 10.7. The van der Waals surface area contributed by atoms with E-state index in [1.54, 1.807) is 18.9 Å². The molecule has 0 bridgehead atoms. The largest absolute Gasteiger partial charge is 0.495 e. The number of methoxy groups -OCH3 is 1. The summed E-state index contributed by atoms with van der Waals surface area (Å²) in [6.45, 7) is 2.06. The lowest BCUT2D eigenvalue weighted by molar-refractivity contribution is -0.137. The molecule has 0 saturated carbocycles. The minimum Gasteiger partial charge on any atom is -0.495 e. The third-order valence-corrected chi connectivity index (χ3v) is 3.42. The highest BCUT2D eigenvalue weighted by molar-refractivity contribution is 7.99. The SMILES string of the molecule is CCSCCC(Nc1ccccc1OC)C(=O)O. The first-order valence-electron chi connectivity index (χ1n) is 5.89. The van der Waals surface area contributed by atoms with Gasteiger partial charge in [0.15, 0.2) is 0 Å². The summed E-state index contributed by atoms with van der Waals surface area (Å²) >= 11 is 1.74.